The molecule has 0 saturated heterocycles. The lowest BCUT2D eigenvalue weighted by atomic mass is 9.83. The lowest BCUT2D eigenvalue weighted by Crippen LogP contribution is -2.22. The first-order chi connectivity index (χ1) is 9.33. The number of ketones is 1. The second-order valence-corrected chi connectivity index (χ2v) is 4.28. The minimum absolute atomic E-state index is 0.0808. The van der Waals surface area contributed by atoms with Crippen LogP contribution in [0, 0.1) is 0 Å². The predicted molar refractivity (Wildman–Crippen MR) is 74.4 cm³/mol. The minimum Gasteiger partial charge on any atom is -0.395 e. The third kappa shape index (κ3) is 1.83. The molecule has 0 unspecified atom stereocenters. The Hall–Kier alpha value is -2.42. The summed E-state index contributed by atoms with van der Waals surface area (Å²) >= 11 is 0. The van der Waals surface area contributed by atoms with Crippen molar-refractivity contribution < 1.29 is 9.63 Å². The highest BCUT2D eigenvalue weighted by Crippen LogP contribution is 2.33. The van der Waals surface area contributed by atoms with E-state index in [0.717, 1.165) is 16.7 Å². The van der Waals surface area contributed by atoms with Crippen LogP contribution < -0.4 is 0 Å². The van der Waals surface area contributed by atoms with Crippen LogP contribution >= 0.6 is 0 Å². The van der Waals surface area contributed by atoms with Crippen LogP contribution in [0.5, 0.6) is 0 Å². The minimum atomic E-state index is -0.0808. The molecule has 1 aliphatic carbocycles. The Balaban J connectivity index is 2.26. The molecule has 0 atom stereocenters. The van der Waals surface area contributed by atoms with E-state index < -0.39 is 0 Å². The Morgan fingerprint density at radius 3 is 2.05 bits per heavy atom. The molecule has 2 aromatic carbocycles. The summed E-state index contributed by atoms with van der Waals surface area (Å²) < 4.78 is 0. The molecule has 0 aromatic heterocycles. The zero-order valence-electron chi connectivity index (χ0n) is 10.6. The van der Waals surface area contributed by atoms with Crippen molar-refractivity contribution in [2.24, 2.45) is 5.16 Å². The highest BCUT2D eigenvalue weighted by atomic mass is 16.6. The van der Waals surface area contributed by atoms with Gasteiger partial charge in [0.1, 0.15) is 6.61 Å². The van der Waals surface area contributed by atoms with E-state index in [1.165, 1.54) is 0 Å². The molecule has 3 nitrogen and oxygen atoms in total. The molecule has 0 fully saturated rings. The summed E-state index contributed by atoms with van der Waals surface area (Å²) in [5.74, 6) is -0.0808. The van der Waals surface area contributed by atoms with E-state index in [0.29, 0.717) is 17.9 Å². The third-order valence-electron chi connectivity index (χ3n) is 3.14. The van der Waals surface area contributed by atoms with Gasteiger partial charge in [-0.2, -0.15) is 0 Å². The molecule has 0 aliphatic heterocycles. The fraction of sp³-hybridized carbons (Fsp3) is 0.125. The number of benzene rings is 2. The van der Waals surface area contributed by atoms with Gasteiger partial charge in [-0.05, 0) is 18.1 Å². The third-order valence-corrected chi connectivity index (χ3v) is 3.14. The molecule has 0 amide bonds. The number of hydrogen-bond donors (Lipinski definition) is 0. The number of carbonyl (C=O) groups is 1. The van der Waals surface area contributed by atoms with Crippen molar-refractivity contribution in [3.05, 3.63) is 59.7 Å². The maximum atomic E-state index is 12.5. The molecule has 0 spiro atoms. The predicted octanol–water partition coefficient (Wildman–Crippen LogP) is 3.29. The maximum absolute atomic E-state index is 12.5. The Bertz CT molecular complexity index is 674. The van der Waals surface area contributed by atoms with Crippen LogP contribution in [0.3, 0.4) is 0 Å². The number of fused-ring (bicyclic) bond motifs is 3. The SMILES string of the molecule is CCON=C1C(=O)c2ccccc2-c2ccccc21. The first-order valence-electron chi connectivity index (χ1n) is 6.26. The van der Waals surface area contributed by atoms with Crippen molar-refractivity contribution in [3.8, 4) is 11.1 Å². The van der Waals surface area contributed by atoms with Gasteiger partial charge in [-0.25, -0.2) is 0 Å². The smallest absolute Gasteiger partial charge is 0.216 e. The van der Waals surface area contributed by atoms with E-state index >= 15 is 0 Å². The average Bonchev–Trinajstić information content (AvgIpc) is 2.47. The molecule has 19 heavy (non-hydrogen) atoms. The van der Waals surface area contributed by atoms with Crippen LogP contribution in [-0.4, -0.2) is 18.1 Å². The van der Waals surface area contributed by atoms with Gasteiger partial charge in [0.15, 0.2) is 5.71 Å². The molecule has 2 aromatic rings. The van der Waals surface area contributed by atoms with Crippen molar-refractivity contribution in [2.75, 3.05) is 6.61 Å². The van der Waals surface area contributed by atoms with Crippen LogP contribution in [0.25, 0.3) is 11.1 Å². The lowest BCUT2D eigenvalue weighted by Gasteiger charge is -2.19. The van der Waals surface area contributed by atoms with E-state index in [2.05, 4.69) is 5.16 Å². The van der Waals surface area contributed by atoms with Crippen molar-refractivity contribution in [1.29, 1.82) is 0 Å². The highest BCUT2D eigenvalue weighted by molar-refractivity contribution is 6.54. The zero-order chi connectivity index (χ0) is 13.2. The molecule has 94 valence electrons. The monoisotopic (exact) mass is 251 g/mol. The first-order valence-corrected chi connectivity index (χ1v) is 6.26. The molecule has 3 rings (SSSR count). The van der Waals surface area contributed by atoms with Crippen molar-refractivity contribution in [2.45, 2.75) is 6.92 Å². The molecule has 1 aliphatic rings. The summed E-state index contributed by atoms with van der Waals surface area (Å²) in [6.45, 7) is 2.29. The van der Waals surface area contributed by atoms with Gasteiger partial charge >= 0.3 is 0 Å². The normalized spacial score (nSPS) is 15.0. The molecule has 0 saturated carbocycles. The van der Waals surface area contributed by atoms with Gasteiger partial charge in [0.05, 0.1) is 0 Å². The molecular formula is C16H13NO2. The summed E-state index contributed by atoms with van der Waals surface area (Å²) in [4.78, 5) is 17.6. The number of oxime groups is 1. The van der Waals surface area contributed by atoms with Crippen LogP contribution in [0.4, 0.5) is 0 Å². The van der Waals surface area contributed by atoms with Crippen LogP contribution in [0.2, 0.25) is 0 Å². The first kappa shape index (κ1) is 11.7. The molecule has 0 heterocycles. The summed E-state index contributed by atoms with van der Waals surface area (Å²) in [5.41, 5.74) is 3.88. The standard InChI is InChI=1S/C16H13NO2/c1-2-19-17-15-13-9-5-3-7-11(13)12-8-4-6-10-14(12)16(15)18/h3-10H,2H2,1H3. The van der Waals surface area contributed by atoms with Gasteiger partial charge in [0.2, 0.25) is 5.78 Å². The van der Waals surface area contributed by atoms with Gasteiger partial charge in [0.25, 0.3) is 0 Å². The molecule has 3 heteroatoms. The van der Waals surface area contributed by atoms with Crippen molar-refractivity contribution in [1.82, 2.24) is 0 Å². The maximum Gasteiger partial charge on any atom is 0.216 e. The number of nitrogens with zero attached hydrogens (tertiary/aromatic N) is 1. The van der Waals surface area contributed by atoms with Gasteiger partial charge in [-0.3, -0.25) is 4.79 Å². The van der Waals surface area contributed by atoms with E-state index in [9.17, 15) is 4.79 Å². The topological polar surface area (TPSA) is 38.7 Å². The number of hydrogen-bond acceptors (Lipinski definition) is 3. The van der Waals surface area contributed by atoms with Crippen LogP contribution in [0.1, 0.15) is 22.8 Å². The van der Waals surface area contributed by atoms with Crippen molar-refractivity contribution in [3.63, 3.8) is 0 Å². The van der Waals surface area contributed by atoms with Gasteiger partial charge < -0.3 is 4.84 Å². The van der Waals surface area contributed by atoms with E-state index in [-0.39, 0.29) is 5.78 Å². The fourth-order valence-electron chi connectivity index (χ4n) is 2.31. The van der Waals surface area contributed by atoms with Gasteiger partial charge in [-0.1, -0.05) is 53.7 Å². The summed E-state index contributed by atoms with van der Waals surface area (Å²) in [5, 5.41) is 3.99. The summed E-state index contributed by atoms with van der Waals surface area (Å²) in [7, 11) is 0. The second-order valence-electron chi connectivity index (χ2n) is 4.28. The van der Waals surface area contributed by atoms with E-state index in [4.69, 9.17) is 4.84 Å². The molecule has 0 radical (unpaired) electrons. The highest BCUT2D eigenvalue weighted by Gasteiger charge is 2.28. The number of Topliss-reactive ketones (excluding diaryl/α,β-unsaturated/α-hetero) is 1. The Labute approximate surface area is 111 Å². The second kappa shape index (κ2) is 4.69. The number of carbonyl (C=O) groups excluding carboxylic acids is 1. The molecular weight excluding hydrogens is 238 g/mol. The average molecular weight is 251 g/mol. The quantitative estimate of drug-likeness (QED) is 0.768. The zero-order valence-corrected chi connectivity index (χ0v) is 10.6. The lowest BCUT2D eigenvalue weighted by molar-refractivity contribution is 0.105. The van der Waals surface area contributed by atoms with E-state index in [1.54, 1.807) is 0 Å². The Morgan fingerprint density at radius 2 is 1.42 bits per heavy atom. The summed E-state index contributed by atoms with van der Waals surface area (Å²) in [6.07, 6.45) is 0. The van der Waals surface area contributed by atoms with Crippen LogP contribution in [0.15, 0.2) is 53.7 Å². The Kier molecular flexibility index (Phi) is 2.88. The Morgan fingerprint density at radius 1 is 0.895 bits per heavy atom. The van der Waals surface area contributed by atoms with E-state index in [1.807, 2.05) is 55.5 Å². The molecule has 0 bridgehead atoms. The largest absolute Gasteiger partial charge is 0.395 e. The fourth-order valence-corrected chi connectivity index (χ4v) is 2.31. The van der Waals surface area contributed by atoms with Gasteiger partial charge in [0, 0.05) is 11.1 Å². The van der Waals surface area contributed by atoms with Gasteiger partial charge in [-0.15, -0.1) is 0 Å². The number of rotatable bonds is 2. The summed E-state index contributed by atoms with van der Waals surface area (Å²) in [6, 6.07) is 15.4. The molecule has 0 N–H and O–H groups in total. The van der Waals surface area contributed by atoms with Crippen molar-refractivity contribution >= 4 is 11.5 Å². The van der Waals surface area contributed by atoms with Crippen LogP contribution in [-0.2, 0) is 4.84 Å².